The van der Waals surface area contributed by atoms with Gasteiger partial charge < -0.3 is 5.32 Å². The van der Waals surface area contributed by atoms with E-state index in [-0.39, 0.29) is 0 Å². The molecule has 0 aliphatic carbocycles. The van der Waals surface area contributed by atoms with Crippen LogP contribution in [0.4, 0.5) is 5.69 Å². The van der Waals surface area contributed by atoms with E-state index in [4.69, 9.17) is 11.6 Å². The minimum atomic E-state index is 0.517. The molecule has 0 radical (unpaired) electrons. The van der Waals surface area contributed by atoms with Crippen LogP contribution >= 0.6 is 34.7 Å². The van der Waals surface area contributed by atoms with Crippen LogP contribution in [-0.4, -0.2) is 17.3 Å². The van der Waals surface area contributed by atoms with Gasteiger partial charge in [-0.3, -0.25) is 0 Å². The third kappa shape index (κ3) is 2.73. The van der Waals surface area contributed by atoms with E-state index in [2.05, 4.69) is 35.3 Å². The molecule has 0 spiro atoms. The highest BCUT2D eigenvalue weighted by Crippen LogP contribution is 2.35. The lowest BCUT2D eigenvalue weighted by atomic mass is 10.2. The number of hydrogen-bond acceptors (Lipinski definition) is 4. The summed E-state index contributed by atoms with van der Waals surface area (Å²) in [4.78, 5) is 5.81. The summed E-state index contributed by atoms with van der Waals surface area (Å²) in [5.74, 6) is 1.86. The van der Waals surface area contributed by atoms with E-state index < -0.39 is 0 Å². The van der Waals surface area contributed by atoms with Gasteiger partial charge in [-0.25, -0.2) is 4.98 Å². The van der Waals surface area contributed by atoms with E-state index in [1.165, 1.54) is 10.7 Å². The van der Waals surface area contributed by atoms with Gasteiger partial charge in [0.25, 0.3) is 0 Å². The molecule has 104 valence electrons. The summed E-state index contributed by atoms with van der Waals surface area (Å²) in [5, 5.41) is 6.07. The highest BCUT2D eigenvalue weighted by atomic mass is 35.5. The quantitative estimate of drug-likeness (QED) is 0.776. The number of rotatable bonds is 4. The van der Waals surface area contributed by atoms with E-state index in [1.54, 1.807) is 11.3 Å². The second-order valence-corrected chi connectivity index (χ2v) is 7.25. The zero-order chi connectivity index (χ0) is 14.1. The Bertz CT molecular complexity index is 690. The molecule has 2 aromatic rings. The van der Waals surface area contributed by atoms with Crippen LogP contribution in [0.25, 0.3) is 16.3 Å². The average molecular weight is 323 g/mol. The molecule has 0 bridgehead atoms. The van der Waals surface area contributed by atoms with Gasteiger partial charge in [0.1, 0.15) is 5.15 Å². The van der Waals surface area contributed by atoms with Crippen LogP contribution in [0.2, 0.25) is 5.15 Å². The van der Waals surface area contributed by atoms with Crippen molar-refractivity contribution < 1.29 is 0 Å². The van der Waals surface area contributed by atoms with Crippen LogP contribution in [-0.2, 0) is 0 Å². The van der Waals surface area contributed by atoms with Crippen LogP contribution < -0.4 is 5.32 Å². The van der Waals surface area contributed by atoms with Gasteiger partial charge in [-0.1, -0.05) is 37.3 Å². The number of pyridine rings is 1. The lowest BCUT2D eigenvalue weighted by molar-refractivity contribution is 0.857. The van der Waals surface area contributed by atoms with Crippen molar-refractivity contribution in [2.24, 2.45) is 5.92 Å². The Kier molecular flexibility index (Phi) is 4.06. The van der Waals surface area contributed by atoms with Gasteiger partial charge in [0.2, 0.25) is 0 Å². The number of nitrogens with one attached hydrogen (secondary N) is 1. The van der Waals surface area contributed by atoms with Crippen molar-refractivity contribution in [3.63, 3.8) is 0 Å². The minimum Gasteiger partial charge on any atom is -0.379 e. The summed E-state index contributed by atoms with van der Waals surface area (Å²) in [6, 6.07) is 1.90. The first kappa shape index (κ1) is 14.0. The lowest BCUT2D eigenvalue weighted by Gasteiger charge is -2.08. The number of nitrogens with zero attached hydrogens (tertiary/aromatic N) is 1. The number of halogens is 1. The van der Waals surface area contributed by atoms with Crippen molar-refractivity contribution in [2.45, 2.75) is 6.92 Å². The molecule has 3 rings (SSSR count). The number of fused-ring (bicyclic) bond motifs is 1. The highest BCUT2D eigenvalue weighted by Gasteiger charge is 2.14. The van der Waals surface area contributed by atoms with Gasteiger partial charge in [0.15, 0.2) is 0 Å². The molecule has 1 N–H and O–H groups in total. The molecule has 3 heterocycles. The molecule has 0 saturated heterocycles. The first-order chi connectivity index (χ1) is 9.67. The predicted molar refractivity (Wildman–Crippen MR) is 92.9 cm³/mol. The van der Waals surface area contributed by atoms with Gasteiger partial charge in [-0.05, 0) is 5.92 Å². The largest absolute Gasteiger partial charge is 0.379 e. The third-order valence-corrected chi connectivity index (χ3v) is 5.75. The Hall–Kier alpha value is -0.970. The molecule has 0 amide bonds. The van der Waals surface area contributed by atoms with E-state index in [1.807, 2.05) is 23.9 Å². The normalized spacial score (nSPS) is 18.3. The number of allylic oxidation sites excluding steroid dienone is 1. The standard InChI is InChI=1S/C15H15ClN2S2/c1-3-10-8-20-15-12(5-13(16)18-14(10)15)17-6-11-4-9(2)7-19-11/h3-5,8-9H,1,6-7H2,2H3,(H,17,18). The fourth-order valence-corrected chi connectivity index (χ4v) is 4.47. The van der Waals surface area contributed by atoms with Crippen molar-refractivity contribution in [3.05, 3.63) is 39.7 Å². The van der Waals surface area contributed by atoms with E-state index >= 15 is 0 Å². The van der Waals surface area contributed by atoms with Crippen molar-refractivity contribution in [2.75, 3.05) is 17.6 Å². The number of thioether (sulfide) groups is 1. The summed E-state index contributed by atoms with van der Waals surface area (Å²) >= 11 is 9.73. The molecule has 1 atom stereocenters. The summed E-state index contributed by atoms with van der Waals surface area (Å²) in [6.45, 7) is 6.92. The van der Waals surface area contributed by atoms with Gasteiger partial charge in [-0.2, -0.15) is 0 Å². The zero-order valence-electron chi connectivity index (χ0n) is 11.1. The molecule has 1 aliphatic heterocycles. The average Bonchev–Trinajstić information content (AvgIpc) is 3.02. The van der Waals surface area contributed by atoms with Crippen LogP contribution in [0.1, 0.15) is 12.5 Å². The molecule has 0 aromatic carbocycles. The first-order valence-electron chi connectivity index (χ1n) is 6.45. The van der Waals surface area contributed by atoms with Crippen LogP contribution in [0.15, 0.2) is 29.0 Å². The van der Waals surface area contributed by atoms with Crippen molar-refractivity contribution >= 4 is 56.7 Å². The van der Waals surface area contributed by atoms with Crippen molar-refractivity contribution in [3.8, 4) is 0 Å². The predicted octanol–water partition coefficient (Wildman–Crippen LogP) is 5.27. The monoisotopic (exact) mass is 322 g/mol. The van der Waals surface area contributed by atoms with Crippen LogP contribution in [0, 0.1) is 5.92 Å². The third-order valence-electron chi connectivity index (χ3n) is 3.19. The summed E-state index contributed by atoms with van der Waals surface area (Å²) in [7, 11) is 0. The summed E-state index contributed by atoms with van der Waals surface area (Å²) in [6.07, 6.45) is 4.16. The number of thiophene rings is 1. The molecular formula is C15H15ClN2S2. The molecule has 1 aliphatic rings. The Balaban J connectivity index is 1.89. The van der Waals surface area contributed by atoms with Crippen LogP contribution in [0.5, 0.6) is 0 Å². The molecule has 1 unspecified atom stereocenters. The van der Waals surface area contributed by atoms with Crippen LogP contribution in [0.3, 0.4) is 0 Å². The Morgan fingerprint density at radius 2 is 2.45 bits per heavy atom. The molecule has 5 heteroatoms. The number of hydrogen-bond donors (Lipinski definition) is 1. The smallest absolute Gasteiger partial charge is 0.131 e. The molecular weight excluding hydrogens is 308 g/mol. The van der Waals surface area contributed by atoms with E-state index in [0.29, 0.717) is 11.1 Å². The maximum Gasteiger partial charge on any atom is 0.131 e. The zero-order valence-corrected chi connectivity index (χ0v) is 13.5. The Morgan fingerprint density at radius 3 is 3.15 bits per heavy atom. The second kappa shape index (κ2) is 5.80. The van der Waals surface area contributed by atoms with Gasteiger partial charge in [0.05, 0.1) is 15.9 Å². The summed E-state index contributed by atoms with van der Waals surface area (Å²) in [5.41, 5.74) is 3.03. The molecule has 0 saturated carbocycles. The second-order valence-electron chi connectivity index (χ2n) is 4.84. The van der Waals surface area contributed by atoms with Gasteiger partial charge in [-0.15, -0.1) is 23.1 Å². The Morgan fingerprint density at radius 1 is 1.60 bits per heavy atom. The van der Waals surface area contributed by atoms with E-state index in [0.717, 1.165) is 28.0 Å². The highest BCUT2D eigenvalue weighted by molar-refractivity contribution is 8.03. The summed E-state index contributed by atoms with van der Waals surface area (Å²) < 4.78 is 1.14. The fourth-order valence-electron chi connectivity index (χ4n) is 2.22. The van der Waals surface area contributed by atoms with Crippen molar-refractivity contribution in [1.82, 2.24) is 4.98 Å². The molecule has 2 aromatic heterocycles. The SMILES string of the molecule is C=Cc1csc2c(NCC3=CC(C)CS3)cc(Cl)nc12. The lowest BCUT2D eigenvalue weighted by Crippen LogP contribution is -2.02. The number of aromatic nitrogens is 1. The molecule has 0 fully saturated rings. The number of anilines is 1. The van der Waals surface area contributed by atoms with Gasteiger partial charge >= 0.3 is 0 Å². The molecule has 2 nitrogen and oxygen atoms in total. The van der Waals surface area contributed by atoms with E-state index in [9.17, 15) is 0 Å². The van der Waals surface area contributed by atoms with Gasteiger partial charge in [0, 0.05) is 34.2 Å². The topological polar surface area (TPSA) is 24.9 Å². The molecule has 20 heavy (non-hydrogen) atoms. The maximum absolute atomic E-state index is 6.13. The van der Waals surface area contributed by atoms with Crippen molar-refractivity contribution in [1.29, 1.82) is 0 Å². The maximum atomic E-state index is 6.13. The minimum absolute atomic E-state index is 0.517. The Labute approximate surface area is 131 Å². The first-order valence-corrected chi connectivity index (χ1v) is 8.69. The fraction of sp³-hybridized carbons (Fsp3) is 0.267.